The van der Waals surface area contributed by atoms with E-state index >= 15 is 0 Å². The summed E-state index contributed by atoms with van der Waals surface area (Å²) in [5.41, 5.74) is 0. The zero-order valence-electron chi connectivity index (χ0n) is 11.4. The summed E-state index contributed by atoms with van der Waals surface area (Å²) >= 11 is 0.953. The Morgan fingerprint density at radius 3 is 2.86 bits per heavy atom. The van der Waals surface area contributed by atoms with E-state index in [4.69, 9.17) is 10.4 Å². The minimum Gasteiger partial charge on any atom is -0.481 e. The number of aliphatic carboxylic acids is 1. The Labute approximate surface area is 127 Å². The van der Waals surface area contributed by atoms with Crippen molar-refractivity contribution in [2.45, 2.75) is 42.4 Å². The number of carboxylic acids is 1. The van der Waals surface area contributed by atoms with Gasteiger partial charge < -0.3 is 5.11 Å². The molecule has 1 fully saturated rings. The summed E-state index contributed by atoms with van der Waals surface area (Å²) in [6.07, 6.45) is 2.65. The summed E-state index contributed by atoms with van der Waals surface area (Å²) in [5.74, 6) is -0.916. The standard InChI is InChI=1S/C13H16N2O4S2/c14-9-11-5-7-13(20-11)21(18,19)15-8-2-1-3-10(15)4-6-12(16)17/h5,7,10H,1-4,6,8H2,(H,16,17). The lowest BCUT2D eigenvalue weighted by molar-refractivity contribution is -0.137. The Balaban J connectivity index is 2.23. The Morgan fingerprint density at radius 1 is 1.48 bits per heavy atom. The summed E-state index contributed by atoms with van der Waals surface area (Å²) in [6, 6.07) is 4.60. The lowest BCUT2D eigenvalue weighted by atomic mass is 10.0. The van der Waals surface area contributed by atoms with E-state index in [1.807, 2.05) is 6.07 Å². The average molecular weight is 328 g/mol. The highest BCUT2D eigenvalue weighted by Crippen LogP contribution is 2.31. The maximum atomic E-state index is 12.7. The molecule has 2 heterocycles. The molecular formula is C13H16N2O4S2. The molecule has 0 saturated carbocycles. The third-order valence-corrected chi connectivity index (χ3v) is 6.93. The number of hydrogen-bond acceptors (Lipinski definition) is 5. The van der Waals surface area contributed by atoms with Crippen molar-refractivity contribution in [2.75, 3.05) is 6.54 Å². The van der Waals surface area contributed by atoms with Crippen molar-refractivity contribution in [1.29, 1.82) is 5.26 Å². The van der Waals surface area contributed by atoms with Gasteiger partial charge in [-0.2, -0.15) is 9.57 Å². The molecule has 0 aliphatic carbocycles. The van der Waals surface area contributed by atoms with Crippen LogP contribution in [-0.4, -0.2) is 36.4 Å². The highest BCUT2D eigenvalue weighted by atomic mass is 32.2. The van der Waals surface area contributed by atoms with Gasteiger partial charge in [0.2, 0.25) is 0 Å². The molecule has 2 rings (SSSR count). The first kappa shape index (κ1) is 15.9. The molecule has 0 bridgehead atoms. The van der Waals surface area contributed by atoms with E-state index in [0.29, 0.717) is 24.3 Å². The summed E-state index contributed by atoms with van der Waals surface area (Å²) in [4.78, 5) is 11.1. The smallest absolute Gasteiger partial charge is 0.303 e. The molecule has 114 valence electrons. The molecule has 0 aromatic carbocycles. The van der Waals surface area contributed by atoms with Gasteiger partial charge in [0.15, 0.2) is 0 Å². The number of nitriles is 1. The number of rotatable bonds is 5. The molecule has 0 amide bonds. The van der Waals surface area contributed by atoms with Gasteiger partial charge in [-0.05, 0) is 31.4 Å². The maximum Gasteiger partial charge on any atom is 0.303 e. The van der Waals surface area contributed by atoms with Crippen LogP contribution in [0.1, 0.15) is 37.0 Å². The number of carbonyl (C=O) groups is 1. The van der Waals surface area contributed by atoms with Crippen molar-refractivity contribution < 1.29 is 18.3 Å². The van der Waals surface area contributed by atoms with E-state index in [2.05, 4.69) is 0 Å². The molecule has 1 aromatic heterocycles. The van der Waals surface area contributed by atoms with Crippen molar-refractivity contribution >= 4 is 27.3 Å². The normalized spacial score (nSPS) is 20.0. The first-order chi connectivity index (χ1) is 9.95. The van der Waals surface area contributed by atoms with Crippen molar-refractivity contribution in [3.63, 3.8) is 0 Å². The van der Waals surface area contributed by atoms with Crippen LogP contribution in [-0.2, 0) is 14.8 Å². The number of carboxylic acid groups (broad SMARTS) is 1. The van der Waals surface area contributed by atoms with Crippen molar-refractivity contribution in [2.24, 2.45) is 0 Å². The topological polar surface area (TPSA) is 98.5 Å². The predicted octanol–water partition coefficient (Wildman–Crippen LogP) is 2.03. The molecule has 1 aromatic rings. The molecule has 1 atom stereocenters. The zero-order valence-corrected chi connectivity index (χ0v) is 13.0. The molecular weight excluding hydrogens is 312 g/mol. The molecule has 1 unspecified atom stereocenters. The van der Waals surface area contributed by atoms with Crippen LogP contribution in [0.2, 0.25) is 0 Å². The van der Waals surface area contributed by atoms with Gasteiger partial charge in [-0.25, -0.2) is 8.42 Å². The number of sulfonamides is 1. The van der Waals surface area contributed by atoms with Gasteiger partial charge in [0.25, 0.3) is 10.0 Å². The third-order valence-electron chi connectivity index (χ3n) is 3.52. The van der Waals surface area contributed by atoms with Crippen LogP contribution in [0.3, 0.4) is 0 Å². The molecule has 0 radical (unpaired) electrons. The lowest BCUT2D eigenvalue weighted by Crippen LogP contribution is -2.43. The number of thiophene rings is 1. The van der Waals surface area contributed by atoms with Gasteiger partial charge in [0.1, 0.15) is 15.2 Å². The van der Waals surface area contributed by atoms with Crippen LogP contribution in [0.15, 0.2) is 16.3 Å². The number of nitrogens with zero attached hydrogens (tertiary/aromatic N) is 2. The van der Waals surface area contributed by atoms with Crippen molar-refractivity contribution in [3.8, 4) is 6.07 Å². The summed E-state index contributed by atoms with van der Waals surface area (Å²) in [6.45, 7) is 0.409. The van der Waals surface area contributed by atoms with E-state index in [0.717, 1.165) is 24.2 Å². The predicted molar refractivity (Wildman–Crippen MR) is 77.4 cm³/mol. The number of hydrogen-bond donors (Lipinski definition) is 1. The third kappa shape index (κ3) is 3.61. The fraction of sp³-hybridized carbons (Fsp3) is 0.538. The second-order valence-electron chi connectivity index (χ2n) is 4.93. The molecule has 1 aliphatic heterocycles. The van der Waals surface area contributed by atoms with Crippen LogP contribution in [0.4, 0.5) is 0 Å². The van der Waals surface area contributed by atoms with Crippen molar-refractivity contribution in [3.05, 3.63) is 17.0 Å². The Kier molecular flexibility index (Phi) is 4.98. The van der Waals surface area contributed by atoms with Gasteiger partial charge in [0, 0.05) is 19.0 Å². The highest BCUT2D eigenvalue weighted by Gasteiger charge is 2.34. The fourth-order valence-electron chi connectivity index (χ4n) is 2.50. The van der Waals surface area contributed by atoms with Crippen LogP contribution in [0, 0.1) is 11.3 Å². The van der Waals surface area contributed by atoms with Gasteiger partial charge in [-0.1, -0.05) is 6.42 Å². The van der Waals surface area contributed by atoms with Gasteiger partial charge in [-0.15, -0.1) is 11.3 Å². The monoisotopic (exact) mass is 328 g/mol. The van der Waals surface area contributed by atoms with Crippen LogP contribution >= 0.6 is 11.3 Å². The molecule has 1 N–H and O–H groups in total. The largest absolute Gasteiger partial charge is 0.481 e. The van der Waals surface area contributed by atoms with Crippen LogP contribution < -0.4 is 0 Å². The van der Waals surface area contributed by atoms with E-state index in [1.165, 1.54) is 16.4 Å². The number of piperidine rings is 1. The molecule has 1 aliphatic rings. The second-order valence-corrected chi connectivity index (χ2v) is 8.13. The maximum absolute atomic E-state index is 12.7. The van der Waals surface area contributed by atoms with E-state index in [-0.39, 0.29) is 16.7 Å². The molecule has 6 nitrogen and oxygen atoms in total. The Morgan fingerprint density at radius 2 is 2.24 bits per heavy atom. The average Bonchev–Trinajstić information content (AvgIpc) is 2.95. The van der Waals surface area contributed by atoms with E-state index in [9.17, 15) is 13.2 Å². The van der Waals surface area contributed by atoms with Crippen LogP contribution in [0.25, 0.3) is 0 Å². The molecule has 8 heteroatoms. The van der Waals surface area contributed by atoms with Gasteiger partial charge in [0.05, 0.1) is 0 Å². The Bertz CT molecular complexity index is 660. The minimum atomic E-state index is -3.64. The zero-order chi connectivity index (χ0) is 15.5. The second kappa shape index (κ2) is 6.56. The fourth-order valence-corrected chi connectivity index (χ4v) is 5.46. The quantitative estimate of drug-likeness (QED) is 0.891. The first-order valence-corrected chi connectivity index (χ1v) is 8.94. The van der Waals surface area contributed by atoms with Gasteiger partial charge in [-0.3, -0.25) is 4.79 Å². The van der Waals surface area contributed by atoms with Crippen LogP contribution in [0.5, 0.6) is 0 Å². The first-order valence-electron chi connectivity index (χ1n) is 6.68. The highest BCUT2D eigenvalue weighted by molar-refractivity contribution is 7.91. The van der Waals surface area contributed by atoms with Gasteiger partial charge >= 0.3 is 5.97 Å². The molecule has 21 heavy (non-hydrogen) atoms. The van der Waals surface area contributed by atoms with E-state index < -0.39 is 16.0 Å². The lowest BCUT2D eigenvalue weighted by Gasteiger charge is -2.34. The Hall–Kier alpha value is -1.43. The summed E-state index contributed by atoms with van der Waals surface area (Å²) in [5, 5.41) is 17.6. The van der Waals surface area contributed by atoms with Crippen molar-refractivity contribution in [1.82, 2.24) is 4.31 Å². The van der Waals surface area contributed by atoms with E-state index in [1.54, 1.807) is 0 Å². The molecule has 1 saturated heterocycles. The summed E-state index contributed by atoms with van der Waals surface area (Å²) < 4.78 is 26.9. The summed E-state index contributed by atoms with van der Waals surface area (Å²) in [7, 11) is -3.64. The SMILES string of the molecule is N#Cc1ccc(S(=O)(=O)N2CCCCC2CCC(=O)O)s1. The minimum absolute atomic E-state index is 0.0371. The molecule has 0 spiro atoms.